The molecular formula is C26H34F6N6O3. The number of alkyl halides is 6. The number of amides is 1. The van der Waals surface area contributed by atoms with Crippen molar-refractivity contribution in [3.8, 4) is 0 Å². The molecule has 15 heteroatoms. The molecule has 0 unspecified atom stereocenters. The van der Waals surface area contributed by atoms with Crippen LogP contribution < -0.4 is 10.2 Å². The van der Waals surface area contributed by atoms with Crippen LogP contribution in [0.2, 0.25) is 0 Å². The standard InChI is InChI=1S/C26H34F6N6O3/c1-19(38(40)41)4-6-21(8-10-25(27,28)29)34-22-9-12-37(18-22)24(39)3-2-11-35-13-15-36(16-14-35)23-7-5-20(17-33-23)26(30,31)32/h5,7-8,17,22,34H,1-4,6,9-16,18H2/b21-8+/t22-/m1/s1. The molecule has 0 saturated carbocycles. The van der Waals surface area contributed by atoms with Crippen molar-refractivity contribution in [1.82, 2.24) is 20.1 Å². The van der Waals surface area contributed by atoms with Crippen molar-refractivity contribution in [1.29, 1.82) is 0 Å². The molecule has 9 nitrogen and oxygen atoms in total. The van der Waals surface area contributed by atoms with Crippen molar-refractivity contribution >= 4 is 11.7 Å². The summed E-state index contributed by atoms with van der Waals surface area (Å²) >= 11 is 0. The maximum absolute atomic E-state index is 12.7. The Morgan fingerprint density at radius 1 is 1.10 bits per heavy atom. The number of piperazine rings is 1. The highest BCUT2D eigenvalue weighted by Gasteiger charge is 2.31. The van der Waals surface area contributed by atoms with E-state index >= 15 is 0 Å². The number of likely N-dealkylation sites (tertiary alicyclic amines) is 1. The van der Waals surface area contributed by atoms with Crippen LogP contribution in [0, 0.1) is 10.1 Å². The molecule has 3 heterocycles. The van der Waals surface area contributed by atoms with Crippen molar-refractivity contribution in [3.63, 3.8) is 0 Å². The first-order valence-corrected chi connectivity index (χ1v) is 13.3. The van der Waals surface area contributed by atoms with Crippen LogP contribution in [0.1, 0.15) is 44.1 Å². The van der Waals surface area contributed by atoms with Crippen molar-refractivity contribution < 1.29 is 36.1 Å². The molecule has 228 valence electrons. The Morgan fingerprint density at radius 2 is 1.80 bits per heavy atom. The number of allylic oxidation sites excluding steroid dienone is 3. The Bertz CT molecular complexity index is 1080. The van der Waals surface area contributed by atoms with E-state index < -0.39 is 29.3 Å². The van der Waals surface area contributed by atoms with E-state index in [1.165, 1.54) is 6.07 Å². The predicted octanol–water partition coefficient (Wildman–Crippen LogP) is 4.60. The third-order valence-electron chi connectivity index (χ3n) is 7.09. The summed E-state index contributed by atoms with van der Waals surface area (Å²) in [6.07, 6.45) is -6.77. The minimum atomic E-state index is -4.43. The highest BCUT2D eigenvalue weighted by Crippen LogP contribution is 2.29. The molecule has 1 aromatic heterocycles. The molecule has 0 radical (unpaired) electrons. The van der Waals surface area contributed by atoms with Crippen molar-refractivity contribution in [3.05, 3.63) is 58.1 Å². The molecule has 1 aromatic rings. The molecule has 1 N–H and O–H groups in total. The van der Waals surface area contributed by atoms with Gasteiger partial charge in [0.1, 0.15) is 5.82 Å². The molecule has 2 fully saturated rings. The van der Waals surface area contributed by atoms with Gasteiger partial charge >= 0.3 is 12.4 Å². The quantitative estimate of drug-likeness (QED) is 0.215. The summed E-state index contributed by atoms with van der Waals surface area (Å²) in [6.45, 7) is 7.36. The fraction of sp³-hybridized carbons (Fsp3) is 0.615. The number of hydrogen-bond donors (Lipinski definition) is 1. The third-order valence-corrected chi connectivity index (χ3v) is 7.09. The summed E-state index contributed by atoms with van der Waals surface area (Å²) in [5.41, 5.74) is -0.831. The molecule has 0 spiro atoms. The molecule has 41 heavy (non-hydrogen) atoms. The van der Waals surface area contributed by atoms with Crippen LogP contribution in [-0.4, -0.2) is 83.6 Å². The fourth-order valence-electron chi connectivity index (χ4n) is 4.76. The van der Waals surface area contributed by atoms with E-state index in [2.05, 4.69) is 21.8 Å². The number of anilines is 1. The minimum absolute atomic E-state index is 0.0164. The first kappa shape index (κ1) is 32.2. The summed E-state index contributed by atoms with van der Waals surface area (Å²) in [7, 11) is 0. The van der Waals surface area contributed by atoms with Gasteiger partial charge in [-0.1, -0.05) is 6.08 Å². The lowest BCUT2D eigenvalue weighted by atomic mass is 10.1. The topological polar surface area (TPSA) is 94.9 Å². The zero-order chi connectivity index (χ0) is 30.2. The number of aromatic nitrogens is 1. The second kappa shape index (κ2) is 14.0. The summed E-state index contributed by atoms with van der Waals surface area (Å²) in [4.78, 5) is 32.6. The molecule has 2 aliphatic rings. The van der Waals surface area contributed by atoms with Gasteiger partial charge in [0.25, 0.3) is 0 Å². The number of nitro groups is 1. The van der Waals surface area contributed by atoms with Gasteiger partial charge in [-0.3, -0.25) is 19.8 Å². The molecule has 2 saturated heterocycles. The van der Waals surface area contributed by atoms with E-state index in [1.54, 1.807) is 4.90 Å². The van der Waals surface area contributed by atoms with E-state index in [0.29, 0.717) is 70.9 Å². The van der Waals surface area contributed by atoms with E-state index in [4.69, 9.17) is 0 Å². The van der Waals surface area contributed by atoms with Crippen LogP contribution in [0.4, 0.5) is 32.2 Å². The first-order valence-electron chi connectivity index (χ1n) is 13.3. The lowest BCUT2D eigenvalue weighted by Crippen LogP contribution is -2.47. The molecule has 0 bridgehead atoms. The van der Waals surface area contributed by atoms with Gasteiger partial charge in [0.2, 0.25) is 11.6 Å². The summed E-state index contributed by atoms with van der Waals surface area (Å²) < 4.78 is 76.4. The second-order valence-electron chi connectivity index (χ2n) is 10.2. The first-order chi connectivity index (χ1) is 19.2. The van der Waals surface area contributed by atoms with E-state index in [1.807, 2.05) is 4.90 Å². The summed E-state index contributed by atoms with van der Waals surface area (Å²) in [5, 5.41) is 13.8. The van der Waals surface area contributed by atoms with Gasteiger partial charge < -0.3 is 15.1 Å². The van der Waals surface area contributed by atoms with E-state index in [-0.39, 0.29) is 36.2 Å². The zero-order valence-electron chi connectivity index (χ0n) is 22.5. The number of nitrogens with zero attached hydrogens (tertiary/aromatic N) is 5. The van der Waals surface area contributed by atoms with Crippen LogP contribution >= 0.6 is 0 Å². The van der Waals surface area contributed by atoms with Crippen molar-refractivity contribution in [2.24, 2.45) is 0 Å². The Hall–Kier alpha value is -3.36. The molecule has 1 atom stereocenters. The number of halogens is 6. The number of pyridine rings is 1. The zero-order valence-corrected chi connectivity index (χ0v) is 22.5. The molecule has 0 aromatic carbocycles. The molecule has 0 aliphatic carbocycles. The van der Waals surface area contributed by atoms with Gasteiger partial charge in [0.15, 0.2) is 0 Å². The Kier molecular flexibility index (Phi) is 11.0. The van der Waals surface area contributed by atoms with Crippen LogP contribution in [-0.2, 0) is 11.0 Å². The average molecular weight is 593 g/mol. The monoisotopic (exact) mass is 592 g/mol. The van der Waals surface area contributed by atoms with Crippen LogP contribution in [0.3, 0.4) is 0 Å². The predicted molar refractivity (Wildman–Crippen MR) is 139 cm³/mol. The summed E-state index contributed by atoms with van der Waals surface area (Å²) in [5.74, 6) is 0.439. The van der Waals surface area contributed by atoms with Crippen LogP contribution in [0.5, 0.6) is 0 Å². The smallest absolute Gasteiger partial charge is 0.384 e. The van der Waals surface area contributed by atoms with Gasteiger partial charge in [-0.2, -0.15) is 26.3 Å². The maximum atomic E-state index is 12.7. The van der Waals surface area contributed by atoms with Gasteiger partial charge in [-0.05, 0) is 44.5 Å². The molecule has 1 amide bonds. The fourth-order valence-corrected chi connectivity index (χ4v) is 4.76. The maximum Gasteiger partial charge on any atom is 0.417 e. The van der Waals surface area contributed by atoms with E-state index in [0.717, 1.165) is 18.3 Å². The second-order valence-corrected chi connectivity index (χ2v) is 10.2. The number of rotatable bonds is 12. The third kappa shape index (κ3) is 10.5. The normalized spacial score (nSPS) is 19.0. The molecule has 2 aliphatic heterocycles. The van der Waals surface area contributed by atoms with E-state index in [9.17, 15) is 41.3 Å². The Labute approximate surface area is 234 Å². The average Bonchev–Trinajstić information content (AvgIpc) is 3.38. The molecular weight excluding hydrogens is 558 g/mol. The van der Waals surface area contributed by atoms with Crippen molar-refractivity contribution in [2.45, 2.75) is 56.9 Å². The lowest BCUT2D eigenvalue weighted by molar-refractivity contribution is -0.427. The number of nitrogens with one attached hydrogen (secondary N) is 1. The number of carbonyl (C=O) groups is 1. The largest absolute Gasteiger partial charge is 0.417 e. The van der Waals surface area contributed by atoms with Gasteiger partial charge in [-0.25, -0.2) is 4.98 Å². The minimum Gasteiger partial charge on any atom is -0.384 e. The SMILES string of the molecule is C=C(CC/C(=C\CC(F)(F)F)N[C@@H]1CCN(C(=O)CCCN2CCN(c3ccc(C(F)(F)F)cn3)CC2)C1)[N+](=O)[O-]. The van der Waals surface area contributed by atoms with Gasteiger partial charge in [0, 0.05) is 70.0 Å². The van der Waals surface area contributed by atoms with Gasteiger partial charge in [0.05, 0.1) is 16.9 Å². The Balaban J connectivity index is 1.39. The summed E-state index contributed by atoms with van der Waals surface area (Å²) in [6, 6.07) is 2.13. The number of carbonyl (C=O) groups excluding carboxylic acids is 1. The van der Waals surface area contributed by atoms with Crippen LogP contribution in [0.15, 0.2) is 42.4 Å². The van der Waals surface area contributed by atoms with Crippen molar-refractivity contribution in [2.75, 3.05) is 50.7 Å². The van der Waals surface area contributed by atoms with Gasteiger partial charge in [-0.15, -0.1) is 0 Å². The highest BCUT2D eigenvalue weighted by molar-refractivity contribution is 5.76. The lowest BCUT2D eigenvalue weighted by Gasteiger charge is -2.35. The Morgan fingerprint density at radius 3 is 2.39 bits per heavy atom. The van der Waals surface area contributed by atoms with Crippen LogP contribution in [0.25, 0.3) is 0 Å². The molecule has 3 rings (SSSR count). The number of hydrogen-bond acceptors (Lipinski definition) is 7. The highest BCUT2D eigenvalue weighted by atomic mass is 19.4.